The molecule has 0 aliphatic carbocycles. The van der Waals surface area contributed by atoms with Crippen molar-refractivity contribution in [2.75, 3.05) is 13.2 Å². The minimum atomic E-state index is 0.523. The van der Waals surface area contributed by atoms with Crippen LogP contribution < -0.4 is 10.1 Å². The van der Waals surface area contributed by atoms with E-state index in [0.29, 0.717) is 6.04 Å². The molecule has 1 fully saturated rings. The first kappa shape index (κ1) is 10.4. The SMILES string of the molecule is CCc1cncc(OC[C@H]2CCCN2)c1. The molecule has 1 aliphatic heterocycles. The summed E-state index contributed by atoms with van der Waals surface area (Å²) < 4.78 is 5.71. The summed E-state index contributed by atoms with van der Waals surface area (Å²) in [5.41, 5.74) is 1.23. The van der Waals surface area contributed by atoms with Crippen LogP contribution in [0.25, 0.3) is 0 Å². The molecule has 3 nitrogen and oxygen atoms in total. The van der Waals surface area contributed by atoms with E-state index < -0.39 is 0 Å². The number of nitrogens with zero attached hydrogens (tertiary/aromatic N) is 1. The van der Waals surface area contributed by atoms with Crippen LogP contribution in [0.2, 0.25) is 0 Å². The lowest BCUT2D eigenvalue weighted by atomic mass is 10.2. The van der Waals surface area contributed by atoms with E-state index in [-0.39, 0.29) is 0 Å². The Kier molecular flexibility index (Phi) is 3.56. The van der Waals surface area contributed by atoms with Gasteiger partial charge in [-0.05, 0) is 37.4 Å². The summed E-state index contributed by atoms with van der Waals surface area (Å²) in [6, 6.07) is 2.59. The largest absolute Gasteiger partial charge is 0.490 e. The van der Waals surface area contributed by atoms with Crippen molar-refractivity contribution in [3.63, 3.8) is 0 Å². The molecule has 0 spiro atoms. The van der Waals surface area contributed by atoms with E-state index in [4.69, 9.17) is 4.74 Å². The molecule has 1 N–H and O–H groups in total. The first-order chi connectivity index (χ1) is 7.38. The molecule has 82 valence electrons. The van der Waals surface area contributed by atoms with Crippen LogP contribution in [-0.4, -0.2) is 24.2 Å². The van der Waals surface area contributed by atoms with Gasteiger partial charge in [-0.1, -0.05) is 6.92 Å². The number of ether oxygens (including phenoxy) is 1. The van der Waals surface area contributed by atoms with Gasteiger partial charge in [0.05, 0.1) is 6.20 Å². The van der Waals surface area contributed by atoms with Crippen LogP contribution >= 0.6 is 0 Å². The number of nitrogens with one attached hydrogen (secondary N) is 1. The molecule has 1 atom stereocenters. The molecular weight excluding hydrogens is 188 g/mol. The first-order valence-electron chi connectivity index (χ1n) is 5.68. The van der Waals surface area contributed by atoms with Crippen LogP contribution in [0.5, 0.6) is 5.75 Å². The second kappa shape index (κ2) is 5.12. The average Bonchev–Trinajstić information content (AvgIpc) is 2.79. The van der Waals surface area contributed by atoms with Gasteiger partial charge < -0.3 is 10.1 Å². The summed E-state index contributed by atoms with van der Waals surface area (Å²) in [6.45, 7) is 4.01. The van der Waals surface area contributed by atoms with E-state index >= 15 is 0 Å². The summed E-state index contributed by atoms with van der Waals surface area (Å²) in [7, 11) is 0. The topological polar surface area (TPSA) is 34.1 Å². The van der Waals surface area contributed by atoms with Gasteiger partial charge in [0, 0.05) is 12.2 Å². The van der Waals surface area contributed by atoms with Gasteiger partial charge in [0.25, 0.3) is 0 Å². The second-order valence-corrected chi connectivity index (χ2v) is 3.99. The Bertz CT molecular complexity index is 308. The summed E-state index contributed by atoms with van der Waals surface area (Å²) in [5, 5.41) is 3.41. The third-order valence-electron chi connectivity index (χ3n) is 2.79. The molecule has 1 aliphatic rings. The fourth-order valence-electron chi connectivity index (χ4n) is 1.83. The maximum Gasteiger partial charge on any atom is 0.137 e. The number of pyridine rings is 1. The van der Waals surface area contributed by atoms with Crippen LogP contribution in [0.4, 0.5) is 0 Å². The van der Waals surface area contributed by atoms with Crippen molar-refractivity contribution >= 4 is 0 Å². The van der Waals surface area contributed by atoms with Gasteiger partial charge in [-0.3, -0.25) is 4.98 Å². The Labute approximate surface area is 90.9 Å². The minimum absolute atomic E-state index is 0.523. The molecule has 0 saturated carbocycles. The fourth-order valence-corrected chi connectivity index (χ4v) is 1.83. The Morgan fingerprint density at radius 3 is 3.20 bits per heavy atom. The predicted octanol–water partition coefficient (Wildman–Crippen LogP) is 1.77. The van der Waals surface area contributed by atoms with Gasteiger partial charge in [0.1, 0.15) is 12.4 Å². The molecule has 0 amide bonds. The van der Waals surface area contributed by atoms with Crippen LogP contribution in [0, 0.1) is 0 Å². The molecule has 15 heavy (non-hydrogen) atoms. The summed E-state index contributed by atoms with van der Waals surface area (Å²) in [4.78, 5) is 4.16. The molecule has 2 rings (SSSR count). The van der Waals surface area contributed by atoms with Crippen LogP contribution in [0.3, 0.4) is 0 Å². The first-order valence-corrected chi connectivity index (χ1v) is 5.68. The molecule has 3 heteroatoms. The van der Waals surface area contributed by atoms with Gasteiger partial charge in [-0.25, -0.2) is 0 Å². The highest BCUT2D eigenvalue weighted by Gasteiger charge is 2.14. The van der Waals surface area contributed by atoms with Gasteiger partial charge in [0.2, 0.25) is 0 Å². The molecule has 0 unspecified atom stereocenters. The smallest absolute Gasteiger partial charge is 0.137 e. The Morgan fingerprint density at radius 1 is 1.53 bits per heavy atom. The van der Waals surface area contributed by atoms with Crippen LogP contribution in [0.15, 0.2) is 18.5 Å². The van der Waals surface area contributed by atoms with E-state index in [1.165, 1.54) is 18.4 Å². The zero-order valence-corrected chi connectivity index (χ0v) is 9.20. The van der Waals surface area contributed by atoms with Crippen molar-refractivity contribution in [1.29, 1.82) is 0 Å². The molecule has 0 radical (unpaired) electrons. The molecule has 1 aromatic rings. The van der Waals surface area contributed by atoms with E-state index in [9.17, 15) is 0 Å². The Morgan fingerprint density at radius 2 is 2.47 bits per heavy atom. The maximum atomic E-state index is 5.71. The van der Waals surface area contributed by atoms with E-state index in [0.717, 1.165) is 25.3 Å². The van der Waals surface area contributed by atoms with E-state index in [2.05, 4.69) is 23.3 Å². The molecule has 1 saturated heterocycles. The third-order valence-corrected chi connectivity index (χ3v) is 2.79. The molecular formula is C12H18N2O. The Balaban J connectivity index is 1.86. The highest BCUT2D eigenvalue weighted by molar-refractivity contribution is 5.23. The quantitative estimate of drug-likeness (QED) is 0.815. The highest BCUT2D eigenvalue weighted by atomic mass is 16.5. The van der Waals surface area contributed by atoms with Crippen LogP contribution in [-0.2, 0) is 6.42 Å². The zero-order valence-electron chi connectivity index (χ0n) is 9.20. The summed E-state index contributed by atoms with van der Waals surface area (Å²) >= 11 is 0. The number of hydrogen-bond donors (Lipinski definition) is 1. The van der Waals surface area contributed by atoms with Crippen molar-refractivity contribution in [2.45, 2.75) is 32.2 Å². The Hall–Kier alpha value is -1.09. The summed E-state index contributed by atoms with van der Waals surface area (Å²) in [6.07, 6.45) is 7.17. The maximum absolute atomic E-state index is 5.71. The standard InChI is InChI=1S/C12H18N2O/c1-2-10-6-12(8-13-7-10)15-9-11-4-3-5-14-11/h6-8,11,14H,2-5,9H2,1H3/t11-/m1/s1. The zero-order chi connectivity index (χ0) is 10.5. The van der Waals surface area contributed by atoms with Gasteiger partial charge in [-0.2, -0.15) is 0 Å². The average molecular weight is 206 g/mol. The molecule has 0 aromatic carbocycles. The molecule has 1 aromatic heterocycles. The van der Waals surface area contributed by atoms with Crippen molar-refractivity contribution in [2.24, 2.45) is 0 Å². The second-order valence-electron chi connectivity index (χ2n) is 3.99. The molecule has 0 bridgehead atoms. The van der Waals surface area contributed by atoms with Gasteiger partial charge in [0.15, 0.2) is 0 Å². The van der Waals surface area contributed by atoms with Crippen molar-refractivity contribution in [1.82, 2.24) is 10.3 Å². The normalized spacial score (nSPS) is 20.5. The van der Waals surface area contributed by atoms with E-state index in [1.807, 2.05) is 6.20 Å². The predicted molar refractivity (Wildman–Crippen MR) is 60.1 cm³/mol. The summed E-state index contributed by atoms with van der Waals surface area (Å²) in [5.74, 6) is 0.892. The minimum Gasteiger partial charge on any atom is -0.490 e. The number of hydrogen-bond acceptors (Lipinski definition) is 3. The number of aryl methyl sites for hydroxylation is 1. The fraction of sp³-hybridized carbons (Fsp3) is 0.583. The van der Waals surface area contributed by atoms with Gasteiger partial charge >= 0.3 is 0 Å². The molecule has 2 heterocycles. The lowest BCUT2D eigenvalue weighted by molar-refractivity contribution is 0.276. The van der Waals surface area contributed by atoms with Crippen LogP contribution in [0.1, 0.15) is 25.3 Å². The van der Waals surface area contributed by atoms with E-state index in [1.54, 1.807) is 6.20 Å². The number of aromatic nitrogens is 1. The lowest BCUT2D eigenvalue weighted by Crippen LogP contribution is -2.28. The number of rotatable bonds is 4. The lowest BCUT2D eigenvalue weighted by Gasteiger charge is -2.12. The monoisotopic (exact) mass is 206 g/mol. The highest BCUT2D eigenvalue weighted by Crippen LogP contribution is 2.13. The van der Waals surface area contributed by atoms with Gasteiger partial charge in [-0.15, -0.1) is 0 Å². The van der Waals surface area contributed by atoms with Crippen molar-refractivity contribution in [3.8, 4) is 5.75 Å². The third kappa shape index (κ3) is 2.93. The van der Waals surface area contributed by atoms with Crippen molar-refractivity contribution < 1.29 is 4.74 Å². The van der Waals surface area contributed by atoms with Crippen molar-refractivity contribution in [3.05, 3.63) is 24.0 Å².